The Balaban J connectivity index is 0. The Bertz CT molecular complexity index is 86.2. The van der Waals surface area contributed by atoms with Crippen LogP contribution in [0.4, 0.5) is 0 Å². The standard InChI is InChI=1S/C9H21NS.C2H6/c1-5-10(3)7-6-9(2)8-11-4;1-2/h9H,5-8H2,1-4H3;1-2H3. The first-order valence-electron chi connectivity index (χ1n) is 5.38. The molecule has 2 heteroatoms. The van der Waals surface area contributed by atoms with Gasteiger partial charge in [-0.2, -0.15) is 11.8 Å². The minimum atomic E-state index is 0.874. The summed E-state index contributed by atoms with van der Waals surface area (Å²) in [4.78, 5) is 2.37. The average molecular weight is 205 g/mol. The van der Waals surface area contributed by atoms with Gasteiger partial charge in [0.05, 0.1) is 0 Å². The molecule has 0 amide bonds. The SMILES string of the molecule is CC.CCN(C)CCC(C)CSC. The summed E-state index contributed by atoms with van der Waals surface area (Å²) in [6.45, 7) is 11.0. The number of rotatable bonds is 6. The van der Waals surface area contributed by atoms with Crippen LogP contribution < -0.4 is 0 Å². The first-order valence-corrected chi connectivity index (χ1v) is 6.77. The fourth-order valence-electron chi connectivity index (χ4n) is 0.967. The first kappa shape index (κ1) is 15.8. The molecule has 1 unspecified atom stereocenters. The summed E-state index contributed by atoms with van der Waals surface area (Å²) in [5.41, 5.74) is 0. The molecule has 82 valence electrons. The van der Waals surface area contributed by atoms with Gasteiger partial charge >= 0.3 is 0 Å². The van der Waals surface area contributed by atoms with Gasteiger partial charge in [0.2, 0.25) is 0 Å². The van der Waals surface area contributed by atoms with Crippen LogP contribution in [0.15, 0.2) is 0 Å². The van der Waals surface area contributed by atoms with E-state index < -0.39 is 0 Å². The molecule has 0 spiro atoms. The van der Waals surface area contributed by atoms with Crippen LogP contribution in [0.3, 0.4) is 0 Å². The van der Waals surface area contributed by atoms with Gasteiger partial charge in [0.1, 0.15) is 0 Å². The third-order valence-electron chi connectivity index (χ3n) is 1.99. The van der Waals surface area contributed by atoms with Crippen molar-refractivity contribution in [2.24, 2.45) is 5.92 Å². The summed E-state index contributed by atoms with van der Waals surface area (Å²) in [5.74, 6) is 2.18. The van der Waals surface area contributed by atoms with Crippen LogP contribution in [0.1, 0.15) is 34.1 Å². The molecule has 0 aliphatic heterocycles. The molecule has 0 aromatic heterocycles. The maximum absolute atomic E-state index is 2.37. The van der Waals surface area contributed by atoms with Crippen molar-refractivity contribution >= 4 is 11.8 Å². The maximum atomic E-state index is 2.37. The molecular formula is C11H27NS. The van der Waals surface area contributed by atoms with Crippen molar-refractivity contribution in [3.63, 3.8) is 0 Å². The molecule has 0 aliphatic carbocycles. The van der Waals surface area contributed by atoms with Crippen LogP contribution in [-0.2, 0) is 0 Å². The Kier molecular flexibility index (Phi) is 14.9. The van der Waals surface area contributed by atoms with Crippen molar-refractivity contribution in [2.45, 2.75) is 34.1 Å². The molecule has 0 radical (unpaired) electrons. The monoisotopic (exact) mass is 205 g/mol. The third kappa shape index (κ3) is 12.3. The maximum Gasteiger partial charge on any atom is -0.00191 e. The third-order valence-corrected chi connectivity index (χ3v) is 2.90. The fourth-order valence-corrected chi connectivity index (χ4v) is 1.70. The zero-order chi connectivity index (χ0) is 10.7. The van der Waals surface area contributed by atoms with E-state index in [0.29, 0.717) is 0 Å². The predicted molar refractivity (Wildman–Crippen MR) is 66.7 cm³/mol. The highest BCUT2D eigenvalue weighted by Crippen LogP contribution is 2.08. The first-order chi connectivity index (χ1) is 6.20. The summed E-state index contributed by atoms with van der Waals surface area (Å²) >= 11 is 1.95. The van der Waals surface area contributed by atoms with E-state index in [4.69, 9.17) is 0 Å². The van der Waals surface area contributed by atoms with Crippen molar-refractivity contribution in [3.8, 4) is 0 Å². The smallest absolute Gasteiger partial charge is 0.00191 e. The lowest BCUT2D eigenvalue weighted by Crippen LogP contribution is -2.21. The second-order valence-electron chi connectivity index (χ2n) is 3.25. The second-order valence-corrected chi connectivity index (χ2v) is 4.16. The number of nitrogens with zero attached hydrogens (tertiary/aromatic N) is 1. The van der Waals surface area contributed by atoms with Crippen molar-refractivity contribution in [3.05, 3.63) is 0 Å². The Hall–Kier alpha value is 0.310. The van der Waals surface area contributed by atoms with Gasteiger partial charge in [-0.05, 0) is 44.5 Å². The summed E-state index contributed by atoms with van der Waals surface area (Å²) in [5, 5.41) is 0. The summed E-state index contributed by atoms with van der Waals surface area (Å²) < 4.78 is 0. The minimum Gasteiger partial charge on any atom is -0.307 e. The topological polar surface area (TPSA) is 3.24 Å². The highest BCUT2D eigenvalue weighted by molar-refractivity contribution is 7.98. The predicted octanol–water partition coefficient (Wildman–Crippen LogP) is 3.35. The molecule has 0 bridgehead atoms. The van der Waals surface area contributed by atoms with E-state index >= 15 is 0 Å². The Labute approximate surface area is 89.3 Å². The Morgan fingerprint density at radius 3 is 2.23 bits per heavy atom. The van der Waals surface area contributed by atoms with Gasteiger partial charge in [-0.25, -0.2) is 0 Å². The summed E-state index contributed by atoms with van der Waals surface area (Å²) in [6, 6.07) is 0. The minimum absolute atomic E-state index is 0.874. The van der Waals surface area contributed by atoms with Crippen molar-refractivity contribution < 1.29 is 0 Å². The Morgan fingerprint density at radius 2 is 1.85 bits per heavy atom. The van der Waals surface area contributed by atoms with Gasteiger partial charge in [0.15, 0.2) is 0 Å². The van der Waals surface area contributed by atoms with E-state index in [0.717, 1.165) is 5.92 Å². The highest BCUT2D eigenvalue weighted by Gasteiger charge is 2.01. The van der Waals surface area contributed by atoms with Gasteiger partial charge in [0.25, 0.3) is 0 Å². The van der Waals surface area contributed by atoms with Crippen molar-refractivity contribution in [2.75, 3.05) is 32.1 Å². The largest absolute Gasteiger partial charge is 0.307 e. The molecule has 1 atom stereocenters. The number of hydrogen-bond donors (Lipinski definition) is 0. The second kappa shape index (κ2) is 12.3. The molecule has 0 aromatic carbocycles. The van der Waals surface area contributed by atoms with Crippen molar-refractivity contribution in [1.29, 1.82) is 0 Å². The van der Waals surface area contributed by atoms with E-state index in [1.165, 1.54) is 25.3 Å². The number of thioether (sulfide) groups is 1. The quantitative estimate of drug-likeness (QED) is 0.654. The van der Waals surface area contributed by atoms with Crippen LogP contribution >= 0.6 is 11.8 Å². The molecule has 13 heavy (non-hydrogen) atoms. The van der Waals surface area contributed by atoms with E-state index in [-0.39, 0.29) is 0 Å². The van der Waals surface area contributed by atoms with Crippen LogP contribution in [0, 0.1) is 5.92 Å². The van der Waals surface area contributed by atoms with Crippen LogP contribution in [-0.4, -0.2) is 37.0 Å². The molecule has 1 nitrogen and oxygen atoms in total. The lowest BCUT2D eigenvalue weighted by Gasteiger charge is -2.16. The molecule has 0 saturated carbocycles. The van der Waals surface area contributed by atoms with Crippen LogP contribution in [0.25, 0.3) is 0 Å². The van der Waals surface area contributed by atoms with E-state index in [9.17, 15) is 0 Å². The lowest BCUT2D eigenvalue weighted by atomic mass is 10.1. The van der Waals surface area contributed by atoms with Gasteiger partial charge in [-0.15, -0.1) is 0 Å². The zero-order valence-corrected chi connectivity index (χ0v) is 11.1. The van der Waals surface area contributed by atoms with E-state index in [1.807, 2.05) is 25.6 Å². The van der Waals surface area contributed by atoms with E-state index in [2.05, 4.69) is 32.1 Å². The molecular weight excluding hydrogens is 178 g/mol. The number of hydrogen-bond acceptors (Lipinski definition) is 2. The average Bonchev–Trinajstić information content (AvgIpc) is 2.18. The lowest BCUT2D eigenvalue weighted by molar-refractivity contribution is 0.327. The van der Waals surface area contributed by atoms with Crippen molar-refractivity contribution in [1.82, 2.24) is 4.90 Å². The molecule has 0 heterocycles. The highest BCUT2D eigenvalue weighted by atomic mass is 32.2. The Morgan fingerprint density at radius 1 is 1.31 bits per heavy atom. The van der Waals surface area contributed by atoms with Gasteiger partial charge < -0.3 is 4.90 Å². The zero-order valence-electron chi connectivity index (χ0n) is 10.3. The summed E-state index contributed by atoms with van der Waals surface area (Å²) in [6.07, 6.45) is 3.52. The van der Waals surface area contributed by atoms with Crippen LogP contribution in [0.5, 0.6) is 0 Å². The van der Waals surface area contributed by atoms with Crippen LogP contribution in [0.2, 0.25) is 0 Å². The van der Waals surface area contributed by atoms with Gasteiger partial charge in [-0.1, -0.05) is 27.7 Å². The molecule has 0 fully saturated rings. The molecule has 0 aliphatic rings. The molecule has 0 rings (SSSR count). The normalized spacial score (nSPS) is 12.2. The molecule has 0 N–H and O–H groups in total. The fraction of sp³-hybridized carbons (Fsp3) is 1.00. The van der Waals surface area contributed by atoms with Gasteiger partial charge in [-0.3, -0.25) is 0 Å². The summed E-state index contributed by atoms with van der Waals surface area (Å²) in [7, 11) is 2.19. The van der Waals surface area contributed by atoms with Gasteiger partial charge in [0, 0.05) is 0 Å². The molecule has 0 saturated heterocycles. The van der Waals surface area contributed by atoms with E-state index in [1.54, 1.807) is 0 Å². The molecule has 0 aromatic rings.